The van der Waals surface area contributed by atoms with Crippen molar-refractivity contribution in [3.63, 3.8) is 0 Å². The van der Waals surface area contributed by atoms with Gasteiger partial charge in [-0.3, -0.25) is 0 Å². The molecule has 3 nitrogen and oxygen atoms in total. The number of ether oxygens (including phenoxy) is 1. The third-order valence-electron chi connectivity index (χ3n) is 4.79. The van der Waals surface area contributed by atoms with Crippen molar-refractivity contribution in [1.82, 2.24) is 4.57 Å². The fourth-order valence-electron chi connectivity index (χ4n) is 3.59. The molecule has 5 rings (SSSR count). The van der Waals surface area contributed by atoms with Crippen LogP contribution in [0.5, 0.6) is 0 Å². The number of nitrogens with zero attached hydrogens (tertiary/aromatic N) is 1. The van der Waals surface area contributed by atoms with Gasteiger partial charge in [0.2, 0.25) is 6.23 Å². The van der Waals surface area contributed by atoms with Gasteiger partial charge in [0.15, 0.2) is 0 Å². The number of fused-ring (bicyclic) bond motifs is 2. The van der Waals surface area contributed by atoms with Gasteiger partial charge < -0.3 is 9.30 Å². The summed E-state index contributed by atoms with van der Waals surface area (Å²) in [7, 11) is 0. The summed E-state index contributed by atoms with van der Waals surface area (Å²) in [6.07, 6.45) is -0.543. The van der Waals surface area contributed by atoms with Crippen LogP contribution in [0.3, 0.4) is 0 Å². The van der Waals surface area contributed by atoms with Gasteiger partial charge in [0, 0.05) is 10.9 Å². The maximum atomic E-state index is 13.4. The maximum absolute atomic E-state index is 13.4. The molecule has 0 N–H and O–H groups in total. The summed E-state index contributed by atoms with van der Waals surface area (Å²) >= 11 is 0. The smallest absolute Gasteiger partial charge is 0.340 e. The van der Waals surface area contributed by atoms with Gasteiger partial charge in [0.1, 0.15) is 5.82 Å². The second-order valence-corrected chi connectivity index (χ2v) is 6.31. The number of rotatable bonds is 2. The van der Waals surface area contributed by atoms with E-state index in [2.05, 4.69) is 0 Å². The maximum Gasteiger partial charge on any atom is 0.340 e. The molecule has 0 fully saturated rings. The quantitative estimate of drug-likeness (QED) is 0.471. The number of benzene rings is 3. The molecule has 2 heterocycles. The van der Waals surface area contributed by atoms with Crippen LogP contribution < -0.4 is 0 Å². The number of hydrogen-bond acceptors (Lipinski definition) is 2. The Labute approximate surface area is 149 Å². The largest absolute Gasteiger partial charge is 0.433 e. The van der Waals surface area contributed by atoms with Crippen LogP contribution in [-0.2, 0) is 4.74 Å². The van der Waals surface area contributed by atoms with Gasteiger partial charge in [-0.15, -0.1) is 0 Å². The van der Waals surface area contributed by atoms with Crippen LogP contribution in [0.2, 0.25) is 0 Å². The Morgan fingerprint density at radius 2 is 1.62 bits per heavy atom. The minimum absolute atomic E-state index is 0.283. The van der Waals surface area contributed by atoms with Gasteiger partial charge >= 0.3 is 5.97 Å². The number of hydrogen-bond donors (Lipinski definition) is 0. The van der Waals surface area contributed by atoms with Crippen LogP contribution in [0.25, 0.3) is 22.2 Å². The lowest BCUT2D eigenvalue weighted by molar-refractivity contribution is 0.0335. The van der Waals surface area contributed by atoms with Gasteiger partial charge in [-0.2, -0.15) is 0 Å². The Morgan fingerprint density at radius 3 is 2.46 bits per heavy atom. The summed E-state index contributed by atoms with van der Waals surface area (Å²) in [6, 6.07) is 23.7. The molecule has 4 heteroatoms. The molecule has 1 aliphatic rings. The second kappa shape index (κ2) is 5.56. The Balaban J connectivity index is 1.79. The number of cyclic esters (lactones) is 1. The van der Waals surface area contributed by atoms with Crippen LogP contribution in [0.15, 0.2) is 78.9 Å². The summed E-state index contributed by atoms with van der Waals surface area (Å²) in [4.78, 5) is 12.3. The highest BCUT2D eigenvalue weighted by Gasteiger charge is 2.33. The number of carbonyl (C=O) groups excluding carboxylic acids is 1. The molecule has 1 unspecified atom stereocenters. The van der Waals surface area contributed by atoms with Crippen molar-refractivity contribution in [1.29, 1.82) is 0 Å². The van der Waals surface area contributed by atoms with E-state index >= 15 is 0 Å². The number of halogens is 1. The molecule has 26 heavy (non-hydrogen) atoms. The highest BCUT2D eigenvalue weighted by atomic mass is 19.1. The van der Waals surface area contributed by atoms with E-state index in [-0.39, 0.29) is 11.8 Å². The molecule has 1 aliphatic heterocycles. The van der Waals surface area contributed by atoms with E-state index in [9.17, 15) is 9.18 Å². The van der Waals surface area contributed by atoms with Crippen molar-refractivity contribution in [3.8, 4) is 11.3 Å². The second-order valence-electron chi connectivity index (χ2n) is 6.31. The predicted molar refractivity (Wildman–Crippen MR) is 97.3 cm³/mol. The van der Waals surface area contributed by atoms with Crippen LogP contribution in [0, 0.1) is 5.82 Å². The Bertz CT molecular complexity index is 1140. The molecule has 3 aromatic carbocycles. The van der Waals surface area contributed by atoms with Gasteiger partial charge in [-0.1, -0.05) is 36.4 Å². The molecule has 1 aromatic heterocycles. The molecular formula is C22H14FNO2. The van der Waals surface area contributed by atoms with E-state index in [4.69, 9.17) is 4.74 Å². The Kier molecular flexibility index (Phi) is 3.19. The first-order chi connectivity index (χ1) is 12.7. The number of aromatic nitrogens is 1. The van der Waals surface area contributed by atoms with E-state index in [1.165, 1.54) is 12.1 Å². The topological polar surface area (TPSA) is 31.2 Å². The zero-order valence-electron chi connectivity index (χ0n) is 13.7. The summed E-state index contributed by atoms with van der Waals surface area (Å²) in [5.74, 6) is -0.609. The first-order valence-electron chi connectivity index (χ1n) is 8.38. The lowest BCUT2D eigenvalue weighted by atomic mass is 10.1. The number of esters is 1. The SMILES string of the molecule is O=C1OC(n2c(-c3ccc(F)cc3)cc3ccccc32)c2ccccc21. The van der Waals surface area contributed by atoms with Crippen molar-refractivity contribution in [3.05, 3.63) is 95.8 Å². The fourth-order valence-corrected chi connectivity index (χ4v) is 3.59. The molecule has 126 valence electrons. The van der Waals surface area contributed by atoms with E-state index in [0.717, 1.165) is 27.7 Å². The average molecular weight is 343 g/mol. The lowest BCUT2D eigenvalue weighted by Crippen LogP contribution is -2.11. The number of para-hydroxylation sites is 1. The average Bonchev–Trinajstić information content (AvgIpc) is 3.21. The minimum atomic E-state index is -0.543. The van der Waals surface area contributed by atoms with Crippen molar-refractivity contribution < 1.29 is 13.9 Å². The van der Waals surface area contributed by atoms with Crippen LogP contribution in [0.1, 0.15) is 22.1 Å². The van der Waals surface area contributed by atoms with E-state index in [1.807, 2.05) is 53.1 Å². The molecule has 0 radical (unpaired) electrons. The van der Waals surface area contributed by atoms with E-state index in [1.54, 1.807) is 18.2 Å². The van der Waals surface area contributed by atoms with Crippen LogP contribution in [0.4, 0.5) is 4.39 Å². The van der Waals surface area contributed by atoms with Gasteiger partial charge in [-0.05, 0) is 48.0 Å². The molecule has 0 amide bonds. The predicted octanol–water partition coefficient (Wildman–Crippen LogP) is 5.16. The van der Waals surface area contributed by atoms with Gasteiger partial charge in [-0.25, -0.2) is 9.18 Å². The number of carbonyl (C=O) groups is 1. The first kappa shape index (κ1) is 14.9. The van der Waals surface area contributed by atoms with Crippen molar-refractivity contribution in [2.75, 3.05) is 0 Å². The summed E-state index contributed by atoms with van der Waals surface area (Å²) in [5, 5.41) is 1.03. The van der Waals surface area contributed by atoms with Crippen LogP contribution >= 0.6 is 0 Å². The zero-order chi connectivity index (χ0) is 17.7. The Hall–Kier alpha value is -3.40. The van der Waals surface area contributed by atoms with E-state index in [0.29, 0.717) is 5.56 Å². The summed E-state index contributed by atoms with van der Waals surface area (Å²) in [6.45, 7) is 0. The third-order valence-corrected chi connectivity index (χ3v) is 4.79. The standard InChI is InChI=1S/C22H14FNO2/c23-16-11-9-14(10-12-16)20-13-15-5-1-4-8-19(15)24(20)21-17-6-2-3-7-18(17)22(25)26-21/h1-13,21H. The highest BCUT2D eigenvalue weighted by molar-refractivity contribution is 5.95. The monoisotopic (exact) mass is 343 g/mol. The van der Waals surface area contributed by atoms with Gasteiger partial charge in [0.25, 0.3) is 0 Å². The molecule has 0 saturated carbocycles. The molecule has 0 aliphatic carbocycles. The van der Waals surface area contributed by atoms with Crippen molar-refractivity contribution >= 4 is 16.9 Å². The van der Waals surface area contributed by atoms with Crippen molar-refractivity contribution in [2.45, 2.75) is 6.23 Å². The molecule has 0 bridgehead atoms. The summed E-state index contributed by atoms with van der Waals surface area (Å²) < 4.78 is 21.1. The molecule has 4 aromatic rings. The molecule has 0 spiro atoms. The highest BCUT2D eigenvalue weighted by Crippen LogP contribution is 2.39. The van der Waals surface area contributed by atoms with Gasteiger partial charge in [0.05, 0.1) is 16.8 Å². The zero-order valence-corrected chi connectivity index (χ0v) is 13.7. The molecule has 0 saturated heterocycles. The lowest BCUT2D eigenvalue weighted by Gasteiger charge is -2.18. The normalized spacial score (nSPS) is 15.9. The van der Waals surface area contributed by atoms with E-state index < -0.39 is 6.23 Å². The van der Waals surface area contributed by atoms with Crippen LogP contribution in [-0.4, -0.2) is 10.5 Å². The van der Waals surface area contributed by atoms with Crippen molar-refractivity contribution in [2.24, 2.45) is 0 Å². The molecule has 1 atom stereocenters. The minimum Gasteiger partial charge on any atom is -0.433 e. The summed E-state index contributed by atoms with van der Waals surface area (Å²) in [5.41, 5.74) is 4.12. The Morgan fingerprint density at radius 1 is 0.885 bits per heavy atom. The molecular weight excluding hydrogens is 329 g/mol. The first-order valence-corrected chi connectivity index (χ1v) is 8.38. The third kappa shape index (κ3) is 2.15. The fraction of sp³-hybridized carbons (Fsp3) is 0.0455.